The van der Waals surface area contributed by atoms with Crippen molar-refractivity contribution in [1.29, 1.82) is 0 Å². The van der Waals surface area contributed by atoms with E-state index in [1.165, 1.54) is 11.5 Å². The van der Waals surface area contributed by atoms with E-state index < -0.39 is 0 Å². The molecule has 2 heterocycles. The summed E-state index contributed by atoms with van der Waals surface area (Å²) in [5, 5.41) is 4.02. The van der Waals surface area contributed by atoms with Gasteiger partial charge in [0.2, 0.25) is 0 Å². The molecule has 0 spiro atoms. The number of nitrogens with one attached hydrogen (secondary N) is 1. The van der Waals surface area contributed by atoms with Gasteiger partial charge in [-0.05, 0) is 37.5 Å². The first-order valence-electron chi connectivity index (χ1n) is 5.29. The predicted molar refractivity (Wildman–Crippen MR) is 68.4 cm³/mol. The number of rotatable bonds is 4. The Morgan fingerprint density at radius 2 is 2.29 bits per heavy atom. The summed E-state index contributed by atoms with van der Waals surface area (Å²) in [4.78, 5) is 15.7. The highest BCUT2D eigenvalue weighted by Crippen LogP contribution is 2.25. The van der Waals surface area contributed by atoms with E-state index in [0.29, 0.717) is 12.1 Å². The van der Waals surface area contributed by atoms with Gasteiger partial charge in [0, 0.05) is 6.20 Å². The number of Topliss-reactive ketones (excluding diaryl/α,β-unsaturated/α-hetero) is 1. The zero-order valence-electron chi connectivity index (χ0n) is 9.73. The van der Waals surface area contributed by atoms with Crippen LogP contribution in [0.2, 0.25) is 0 Å². The SMILES string of the molecule is CC(=O)c1c(C)nsc1NCc1ccccn1. The number of ketones is 1. The third-order valence-corrected chi connectivity index (χ3v) is 3.27. The molecule has 2 rings (SSSR count). The molecule has 0 saturated heterocycles. The van der Waals surface area contributed by atoms with Gasteiger partial charge in [0.25, 0.3) is 0 Å². The maximum absolute atomic E-state index is 11.5. The normalized spacial score (nSPS) is 10.2. The van der Waals surface area contributed by atoms with Crippen LogP contribution >= 0.6 is 11.5 Å². The summed E-state index contributed by atoms with van der Waals surface area (Å²) in [5.74, 6) is 0.0415. The smallest absolute Gasteiger partial charge is 0.164 e. The molecule has 0 unspecified atom stereocenters. The van der Waals surface area contributed by atoms with Crippen LogP contribution in [0.1, 0.15) is 28.7 Å². The fourth-order valence-electron chi connectivity index (χ4n) is 1.58. The fraction of sp³-hybridized carbons (Fsp3) is 0.250. The largest absolute Gasteiger partial charge is 0.369 e. The molecule has 0 radical (unpaired) electrons. The van der Waals surface area contributed by atoms with Crippen LogP contribution in [0.3, 0.4) is 0 Å². The van der Waals surface area contributed by atoms with Crippen LogP contribution in [0, 0.1) is 6.92 Å². The molecule has 0 fully saturated rings. The molecular formula is C12H13N3OS. The number of pyridine rings is 1. The second-order valence-electron chi connectivity index (χ2n) is 3.70. The number of aryl methyl sites for hydroxylation is 1. The van der Waals surface area contributed by atoms with Crippen molar-refractivity contribution >= 4 is 22.3 Å². The lowest BCUT2D eigenvalue weighted by atomic mass is 10.2. The highest BCUT2D eigenvalue weighted by Gasteiger charge is 2.14. The maximum atomic E-state index is 11.5. The van der Waals surface area contributed by atoms with Gasteiger partial charge in [-0.15, -0.1) is 0 Å². The molecule has 5 heteroatoms. The average molecular weight is 247 g/mol. The number of nitrogens with zero attached hydrogens (tertiary/aromatic N) is 2. The zero-order valence-corrected chi connectivity index (χ0v) is 10.5. The summed E-state index contributed by atoms with van der Waals surface area (Å²) in [7, 11) is 0. The Hall–Kier alpha value is -1.75. The van der Waals surface area contributed by atoms with Crippen molar-refractivity contribution in [3.63, 3.8) is 0 Å². The molecule has 17 heavy (non-hydrogen) atoms. The van der Waals surface area contributed by atoms with Crippen LogP contribution in [-0.2, 0) is 6.54 Å². The first-order chi connectivity index (χ1) is 8.18. The van der Waals surface area contributed by atoms with E-state index in [2.05, 4.69) is 14.7 Å². The Balaban J connectivity index is 2.12. The number of aromatic nitrogens is 2. The minimum absolute atomic E-state index is 0.0415. The van der Waals surface area contributed by atoms with Crippen LogP contribution in [0.4, 0.5) is 5.00 Å². The third kappa shape index (κ3) is 2.68. The average Bonchev–Trinajstić information content (AvgIpc) is 2.69. The van der Waals surface area contributed by atoms with Gasteiger partial charge in [-0.3, -0.25) is 9.78 Å². The Kier molecular flexibility index (Phi) is 3.49. The Bertz CT molecular complexity index is 522. The van der Waals surface area contributed by atoms with Gasteiger partial charge < -0.3 is 5.32 Å². The first-order valence-corrected chi connectivity index (χ1v) is 6.07. The van der Waals surface area contributed by atoms with E-state index in [0.717, 1.165) is 16.4 Å². The van der Waals surface area contributed by atoms with Crippen LogP contribution in [-0.4, -0.2) is 15.1 Å². The zero-order chi connectivity index (χ0) is 12.3. The number of carbonyl (C=O) groups excluding carboxylic acids is 1. The van der Waals surface area contributed by atoms with E-state index >= 15 is 0 Å². The van der Waals surface area contributed by atoms with Crippen LogP contribution in [0.25, 0.3) is 0 Å². The lowest BCUT2D eigenvalue weighted by molar-refractivity contribution is 0.101. The highest BCUT2D eigenvalue weighted by atomic mass is 32.1. The quantitative estimate of drug-likeness (QED) is 0.844. The molecule has 0 amide bonds. The van der Waals surface area contributed by atoms with Gasteiger partial charge in [0.15, 0.2) is 5.78 Å². The van der Waals surface area contributed by atoms with Crippen molar-refractivity contribution in [2.45, 2.75) is 20.4 Å². The molecule has 0 aliphatic heterocycles. The van der Waals surface area contributed by atoms with E-state index in [4.69, 9.17) is 0 Å². The van der Waals surface area contributed by atoms with Gasteiger partial charge >= 0.3 is 0 Å². The molecular weight excluding hydrogens is 234 g/mol. The van der Waals surface area contributed by atoms with Gasteiger partial charge in [-0.25, -0.2) is 0 Å². The van der Waals surface area contributed by atoms with E-state index in [1.807, 2.05) is 25.1 Å². The second kappa shape index (κ2) is 5.05. The van der Waals surface area contributed by atoms with Crippen molar-refractivity contribution in [3.05, 3.63) is 41.3 Å². The Labute approximate surface area is 104 Å². The number of hydrogen-bond donors (Lipinski definition) is 1. The van der Waals surface area contributed by atoms with Crippen molar-refractivity contribution in [3.8, 4) is 0 Å². The van der Waals surface area contributed by atoms with Crippen LogP contribution in [0.15, 0.2) is 24.4 Å². The summed E-state index contributed by atoms with van der Waals surface area (Å²) in [6.45, 7) is 4.00. The minimum atomic E-state index is 0.0415. The number of anilines is 1. The van der Waals surface area contributed by atoms with Crippen molar-refractivity contribution < 1.29 is 4.79 Å². The molecule has 0 aliphatic rings. The lowest BCUT2D eigenvalue weighted by Gasteiger charge is -2.04. The topological polar surface area (TPSA) is 54.9 Å². The molecule has 0 aliphatic carbocycles. The fourth-order valence-corrected chi connectivity index (χ4v) is 2.42. The van der Waals surface area contributed by atoms with Gasteiger partial charge in [0.05, 0.1) is 23.5 Å². The summed E-state index contributed by atoms with van der Waals surface area (Å²) in [6.07, 6.45) is 1.75. The van der Waals surface area contributed by atoms with Crippen molar-refractivity contribution in [1.82, 2.24) is 9.36 Å². The molecule has 0 atom stereocenters. The molecule has 2 aromatic rings. The number of hydrogen-bond acceptors (Lipinski definition) is 5. The van der Waals surface area contributed by atoms with Gasteiger partial charge in [-0.1, -0.05) is 6.07 Å². The molecule has 0 saturated carbocycles. The minimum Gasteiger partial charge on any atom is -0.369 e. The van der Waals surface area contributed by atoms with Gasteiger partial charge in [-0.2, -0.15) is 4.37 Å². The van der Waals surface area contributed by atoms with Crippen LogP contribution in [0.5, 0.6) is 0 Å². The molecule has 0 aromatic carbocycles. The predicted octanol–water partition coefficient (Wildman–Crippen LogP) is 2.66. The van der Waals surface area contributed by atoms with Crippen molar-refractivity contribution in [2.24, 2.45) is 0 Å². The van der Waals surface area contributed by atoms with E-state index in [9.17, 15) is 4.79 Å². The van der Waals surface area contributed by atoms with Gasteiger partial charge in [0.1, 0.15) is 5.00 Å². The lowest BCUT2D eigenvalue weighted by Crippen LogP contribution is -2.04. The summed E-state index contributed by atoms with van der Waals surface area (Å²) >= 11 is 1.31. The molecule has 2 aromatic heterocycles. The Morgan fingerprint density at radius 3 is 2.94 bits per heavy atom. The van der Waals surface area contributed by atoms with Crippen molar-refractivity contribution in [2.75, 3.05) is 5.32 Å². The summed E-state index contributed by atoms with van der Waals surface area (Å²) < 4.78 is 4.19. The second-order valence-corrected chi connectivity index (χ2v) is 4.48. The monoisotopic (exact) mass is 247 g/mol. The maximum Gasteiger partial charge on any atom is 0.164 e. The Morgan fingerprint density at radius 1 is 1.47 bits per heavy atom. The molecule has 0 bridgehead atoms. The molecule has 88 valence electrons. The van der Waals surface area contributed by atoms with Crippen LogP contribution < -0.4 is 5.32 Å². The van der Waals surface area contributed by atoms with E-state index in [-0.39, 0.29) is 5.78 Å². The summed E-state index contributed by atoms with van der Waals surface area (Å²) in [6, 6.07) is 5.75. The standard InChI is InChI=1S/C12H13N3OS/c1-8-11(9(2)16)12(17-15-8)14-7-10-5-3-4-6-13-10/h3-6,14H,7H2,1-2H3. The molecule has 4 nitrogen and oxygen atoms in total. The van der Waals surface area contributed by atoms with E-state index in [1.54, 1.807) is 13.1 Å². The number of carbonyl (C=O) groups is 1. The third-order valence-electron chi connectivity index (χ3n) is 2.37. The highest BCUT2D eigenvalue weighted by molar-refractivity contribution is 7.10. The molecule has 1 N–H and O–H groups in total. The summed E-state index contributed by atoms with van der Waals surface area (Å²) in [5.41, 5.74) is 2.41. The first kappa shape index (κ1) is 11.7.